The van der Waals surface area contributed by atoms with Gasteiger partial charge in [-0.05, 0) is 43.0 Å². The highest BCUT2D eigenvalue weighted by Gasteiger charge is 2.31. The van der Waals surface area contributed by atoms with Gasteiger partial charge in [0.05, 0.1) is 0 Å². The molecule has 1 aliphatic rings. The van der Waals surface area contributed by atoms with Crippen molar-refractivity contribution in [3.8, 4) is 5.75 Å². The van der Waals surface area contributed by atoms with E-state index in [9.17, 15) is 18.0 Å². The number of anilines is 1. The van der Waals surface area contributed by atoms with Crippen molar-refractivity contribution in [2.45, 2.75) is 38.1 Å². The first kappa shape index (κ1) is 18.6. The third-order valence-corrected chi connectivity index (χ3v) is 3.54. The Morgan fingerprint density at radius 2 is 1.91 bits per heavy atom. The number of amides is 1. The van der Waals surface area contributed by atoms with Crippen LogP contribution in [0.3, 0.4) is 0 Å². The fourth-order valence-corrected chi connectivity index (χ4v) is 2.51. The maximum Gasteiger partial charge on any atom is 0.573 e. The molecule has 1 aromatic rings. The number of hydrogen-bond acceptors (Lipinski definition) is 3. The summed E-state index contributed by atoms with van der Waals surface area (Å²) in [6.07, 6.45) is -1.48. The lowest BCUT2D eigenvalue weighted by molar-refractivity contribution is -0.274. The topological polar surface area (TPSA) is 64.4 Å². The summed E-state index contributed by atoms with van der Waals surface area (Å²) in [5.41, 5.74) is 6.33. The van der Waals surface area contributed by atoms with Crippen LogP contribution >= 0.6 is 12.4 Å². The van der Waals surface area contributed by atoms with Gasteiger partial charge in [0.25, 0.3) is 0 Å². The van der Waals surface area contributed by atoms with Crippen molar-refractivity contribution in [1.82, 2.24) is 0 Å². The van der Waals surface area contributed by atoms with E-state index in [1.54, 1.807) is 0 Å². The highest BCUT2D eigenvalue weighted by Crippen LogP contribution is 2.27. The van der Waals surface area contributed by atoms with Crippen molar-refractivity contribution in [2.24, 2.45) is 11.7 Å². The predicted octanol–water partition coefficient (Wildman–Crippen LogP) is 3.46. The second-order valence-corrected chi connectivity index (χ2v) is 5.18. The van der Waals surface area contributed by atoms with Crippen LogP contribution in [0.4, 0.5) is 18.9 Å². The van der Waals surface area contributed by atoms with Crippen LogP contribution < -0.4 is 15.8 Å². The van der Waals surface area contributed by atoms with E-state index < -0.39 is 6.36 Å². The molecule has 0 unspecified atom stereocenters. The molecule has 3 N–H and O–H groups in total. The number of hydrogen-bond donors (Lipinski definition) is 2. The van der Waals surface area contributed by atoms with Gasteiger partial charge >= 0.3 is 6.36 Å². The number of benzene rings is 1. The van der Waals surface area contributed by atoms with E-state index in [0.29, 0.717) is 12.1 Å². The minimum atomic E-state index is -4.72. The molecular formula is C14H18ClF3N2O2. The monoisotopic (exact) mass is 338 g/mol. The van der Waals surface area contributed by atoms with Gasteiger partial charge in [0.1, 0.15) is 5.75 Å². The van der Waals surface area contributed by atoms with Gasteiger partial charge < -0.3 is 15.8 Å². The zero-order valence-corrected chi connectivity index (χ0v) is 12.5. The Kier molecular flexibility index (Phi) is 6.49. The van der Waals surface area contributed by atoms with Gasteiger partial charge in [-0.1, -0.05) is 6.42 Å². The summed E-state index contributed by atoms with van der Waals surface area (Å²) in [6, 6.07) is 5.11. The zero-order valence-electron chi connectivity index (χ0n) is 11.7. The second-order valence-electron chi connectivity index (χ2n) is 5.18. The Bertz CT molecular complexity index is 494. The lowest BCUT2D eigenvalue weighted by Gasteiger charge is -2.15. The minimum Gasteiger partial charge on any atom is -0.406 e. The minimum absolute atomic E-state index is 0. The van der Waals surface area contributed by atoms with E-state index in [-0.39, 0.29) is 36.0 Å². The normalized spacial score (nSPS) is 21.1. The second kappa shape index (κ2) is 7.69. The number of nitrogens with two attached hydrogens (primary N) is 1. The quantitative estimate of drug-likeness (QED) is 0.883. The fourth-order valence-electron chi connectivity index (χ4n) is 2.51. The van der Waals surface area contributed by atoms with Crippen molar-refractivity contribution >= 4 is 24.0 Å². The van der Waals surface area contributed by atoms with Crippen molar-refractivity contribution in [3.05, 3.63) is 24.3 Å². The number of alkyl halides is 3. The number of carbonyl (C=O) groups excluding carboxylic acids is 1. The fraction of sp³-hybridized carbons (Fsp3) is 0.500. The molecular weight excluding hydrogens is 321 g/mol. The molecule has 0 aromatic heterocycles. The van der Waals surface area contributed by atoms with E-state index >= 15 is 0 Å². The van der Waals surface area contributed by atoms with Crippen LogP contribution in [0, 0.1) is 5.92 Å². The number of ether oxygens (including phenoxy) is 1. The third kappa shape index (κ3) is 5.73. The van der Waals surface area contributed by atoms with Crippen molar-refractivity contribution < 1.29 is 22.7 Å². The lowest BCUT2D eigenvalue weighted by atomic mass is 10.00. The summed E-state index contributed by atoms with van der Waals surface area (Å²) < 4.78 is 39.8. The Hall–Kier alpha value is -1.47. The number of halogens is 4. The standard InChI is InChI=1S/C14H17F3N2O2.ClH/c15-14(16,17)21-11-6-4-10(5-7-11)19-13(20)8-9-2-1-3-12(9)18;/h4-7,9,12H,1-3,8,18H2,(H,19,20);1H/t9-,12+;/m0./s1. The van der Waals surface area contributed by atoms with Gasteiger partial charge in [-0.25, -0.2) is 0 Å². The van der Waals surface area contributed by atoms with Gasteiger partial charge in [-0.15, -0.1) is 25.6 Å². The third-order valence-electron chi connectivity index (χ3n) is 3.54. The van der Waals surface area contributed by atoms with Crippen molar-refractivity contribution in [1.29, 1.82) is 0 Å². The first-order valence-electron chi connectivity index (χ1n) is 6.75. The van der Waals surface area contributed by atoms with Crippen LogP contribution in [0.1, 0.15) is 25.7 Å². The zero-order chi connectivity index (χ0) is 15.5. The van der Waals surface area contributed by atoms with Crippen molar-refractivity contribution in [2.75, 3.05) is 5.32 Å². The molecule has 22 heavy (non-hydrogen) atoms. The highest BCUT2D eigenvalue weighted by atomic mass is 35.5. The molecule has 2 rings (SSSR count). The lowest BCUT2D eigenvalue weighted by Crippen LogP contribution is -2.28. The Morgan fingerprint density at radius 1 is 1.27 bits per heavy atom. The summed E-state index contributed by atoms with van der Waals surface area (Å²) in [5.74, 6) is -0.321. The summed E-state index contributed by atoms with van der Waals surface area (Å²) in [4.78, 5) is 11.8. The van der Waals surface area contributed by atoms with E-state index in [2.05, 4.69) is 10.1 Å². The average Bonchev–Trinajstić information content (AvgIpc) is 2.76. The largest absolute Gasteiger partial charge is 0.573 e. The van der Waals surface area contributed by atoms with Crippen molar-refractivity contribution in [3.63, 3.8) is 0 Å². The first-order chi connectivity index (χ1) is 9.83. The Balaban J connectivity index is 0.00000242. The molecule has 0 radical (unpaired) electrons. The smallest absolute Gasteiger partial charge is 0.406 e. The molecule has 1 aliphatic carbocycles. The molecule has 124 valence electrons. The first-order valence-corrected chi connectivity index (χ1v) is 6.75. The SMILES string of the molecule is Cl.N[C@@H]1CCC[C@H]1CC(=O)Nc1ccc(OC(F)(F)F)cc1. The van der Waals surface area contributed by atoms with Gasteiger partial charge in [0.2, 0.25) is 5.91 Å². The van der Waals surface area contributed by atoms with Crippen LogP contribution in [0.25, 0.3) is 0 Å². The average molecular weight is 339 g/mol. The maximum absolute atomic E-state index is 12.0. The van der Waals surface area contributed by atoms with E-state index in [4.69, 9.17) is 5.73 Å². The molecule has 0 heterocycles. The van der Waals surface area contributed by atoms with Crippen LogP contribution in [0.15, 0.2) is 24.3 Å². The number of rotatable bonds is 4. The molecule has 1 amide bonds. The summed E-state index contributed by atoms with van der Waals surface area (Å²) in [5, 5.41) is 2.65. The molecule has 2 atom stereocenters. The molecule has 0 aliphatic heterocycles. The molecule has 0 bridgehead atoms. The van der Waals surface area contributed by atoms with Gasteiger partial charge in [0, 0.05) is 18.2 Å². The van der Waals surface area contributed by atoms with E-state index in [1.807, 2.05) is 0 Å². The van der Waals surface area contributed by atoms with Gasteiger partial charge in [-0.2, -0.15) is 0 Å². The van der Waals surface area contributed by atoms with E-state index in [1.165, 1.54) is 12.1 Å². The molecule has 1 fully saturated rings. The molecule has 1 saturated carbocycles. The molecule has 0 saturated heterocycles. The van der Waals surface area contributed by atoms with Crippen LogP contribution in [-0.4, -0.2) is 18.3 Å². The van der Waals surface area contributed by atoms with Crippen LogP contribution in [0.5, 0.6) is 5.75 Å². The summed E-state index contributed by atoms with van der Waals surface area (Å²) in [6.45, 7) is 0. The highest BCUT2D eigenvalue weighted by molar-refractivity contribution is 5.90. The predicted molar refractivity (Wildman–Crippen MR) is 78.9 cm³/mol. The van der Waals surface area contributed by atoms with Crippen LogP contribution in [0.2, 0.25) is 0 Å². The number of nitrogens with one attached hydrogen (secondary N) is 1. The maximum atomic E-state index is 12.0. The molecule has 1 aromatic carbocycles. The van der Waals surface area contributed by atoms with Crippen LogP contribution in [-0.2, 0) is 4.79 Å². The summed E-state index contributed by atoms with van der Waals surface area (Å²) in [7, 11) is 0. The Labute approximate surface area is 132 Å². The molecule has 8 heteroatoms. The molecule has 0 spiro atoms. The molecule has 4 nitrogen and oxygen atoms in total. The van der Waals surface area contributed by atoms with Gasteiger partial charge in [-0.3, -0.25) is 4.79 Å². The number of carbonyl (C=O) groups is 1. The summed E-state index contributed by atoms with van der Waals surface area (Å²) >= 11 is 0. The van der Waals surface area contributed by atoms with E-state index in [0.717, 1.165) is 31.4 Å². The Morgan fingerprint density at radius 3 is 2.41 bits per heavy atom. The van der Waals surface area contributed by atoms with Gasteiger partial charge in [0.15, 0.2) is 0 Å².